The van der Waals surface area contributed by atoms with Crippen LogP contribution in [0, 0.1) is 5.41 Å². The second kappa shape index (κ2) is 4.42. The van der Waals surface area contributed by atoms with Gasteiger partial charge in [-0.15, -0.1) is 0 Å². The van der Waals surface area contributed by atoms with Crippen LogP contribution in [-0.2, 0) is 5.67 Å². The molecule has 0 saturated heterocycles. The molecule has 1 atom stereocenters. The van der Waals surface area contributed by atoms with Crippen LogP contribution in [0.3, 0.4) is 0 Å². The van der Waals surface area contributed by atoms with Gasteiger partial charge in [-0.25, -0.2) is 4.39 Å². The quantitative estimate of drug-likeness (QED) is 0.858. The van der Waals surface area contributed by atoms with Gasteiger partial charge < -0.3 is 10.5 Å². The molecule has 0 bridgehead atoms. The van der Waals surface area contributed by atoms with Crippen LogP contribution in [0.1, 0.15) is 26.3 Å². The van der Waals surface area contributed by atoms with Crippen molar-refractivity contribution in [3.8, 4) is 5.75 Å². The van der Waals surface area contributed by atoms with Crippen LogP contribution in [0.15, 0.2) is 24.3 Å². The number of rotatable bonds is 3. The molecule has 2 N–H and O–H groups in total. The maximum atomic E-state index is 14.9. The van der Waals surface area contributed by atoms with Gasteiger partial charge in [0.2, 0.25) is 0 Å². The van der Waals surface area contributed by atoms with Crippen LogP contribution in [0.2, 0.25) is 0 Å². The maximum Gasteiger partial charge on any atom is 0.153 e. The lowest BCUT2D eigenvalue weighted by atomic mass is 9.73. The van der Waals surface area contributed by atoms with E-state index < -0.39 is 11.1 Å². The van der Waals surface area contributed by atoms with Crippen LogP contribution in [0.5, 0.6) is 5.75 Å². The van der Waals surface area contributed by atoms with Gasteiger partial charge in [0.25, 0.3) is 0 Å². The van der Waals surface area contributed by atoms with Gasteiger partial charge >= 0.3 is 0 Å². The molecule has 0 amide bonds. The molecule has 0 aliphatic rings. The average molecular weight is 225 g/mol. The minimum absolute atomic E-state index is 0.0380. The second-order valence-corrected chi connectivity index (χ2v) is 4.99. The van der Waals surface area contributed by atoms with Crippen LogP contribution >= 0.6 is 0 Å². The van der Waals surface area contributed by atoms with Crippen LogP contribution in [0.4, 0.5) is 4.39 Å². The molecule has 90 valence electrons. The summed E-state index contributed by atoms with van der Waals surface area (Å²) >= 11 is 0. The standard InChI is InChI=1S/C13H20FNO/c1-12(2,3)13(14,9-15)10-6-5-7-11(8-10)16-4/h5-8H,9,15H2,1-4H3. The zero-order chi connectivity index (χ0) is 12.4. The van der Waals surface area contributed by atoms with Gasteiger partial charge in [0.05, 0.1) is 7.11 Å². The van der Waals surface area contributed by atoms with E-state index in [2.05, 4.69) is 0 Å². The molecule has 16 heavy (non-hydrogen) atoms. The average Bonchev–Trinajstić information content (AvgIpc) is 2.26. The Balaban J connectivity index is 3.23. The van der Waals surface area contributed by atoms with Crippen molar-refractivity contribution in [1.29, 1.82) is 0 Å². The summed E-state index contributed by atoms with van der Waals surface area (Å²) in [5.41, 5.74) is 4.08. The van der Waals surface area contributed by atoms with Crippen molar-refractivity contribution in [3.63, 3.8) is 0 Å². The molecule has 2 nitrogen and oxygen atoms in total. The molecule has 0 radical (unpaired) electrons. The highest BCUT2D eigenvalue weighted by Gasteiger charge is 2.42. The molecule has 0 fully saturated rings. The highest BCUT2D eigenvalue weighted by molar-refractivity contribution is 5.34. The molecule has 1 unspecified atom stereocenters. The predicted molar refractivity (Wildman–Crippen MR) is 64.3 cm³/mol. The van der Waals surface area contributed by atoms with Crippen molar-refractivity contribution >= 4 is 0 Å². The number of hydrogen-bond donors (Lipinski definition) is 1. The van der Waals surface area contributed by atoms with Crippen molar-refractivity contribution in [2.75, 3.05) is 13.7 Å². The Morgan fingerprint density at radius 2 is 1.94 bits per heavy atom. The van der Waals surface area contributed by atoms with Gasteiger partial charge in [0.15, 0.2) is 5.67 Å². The van der Waals surface area contributed by atoms with E-state index in [1.807, 2.05) is 20.8 Å². The van der Waals surface area contributed by atoms with Gasteiger partial charge in [-0.05, 0) is 17.7 Å². The largest absolute Gasteiger partial charge is 0.497 e. The highest BCUT2D eigenvalue weighted by atomic mass is 19.1. The van der Waals surface area contributed by atoms with Crippen molar-refractivity contribution in [2.24, 2.45) is 11.1 Å². The molecular weight excluding hydrogens is 205 g/mol. The Hall–Kier alpha value is -1.09. The molecule has 1 rings (SSSR count). The zero-order valence-corrected chi connectivity index (χ0v) is 10.4. The van der Waals surface area contributed by atoms with Crippen molar-refractivity contribution < 1.29 is 9.13 Å². The summed E-state index contributed by atoms with van der Waals surface area (Å²) in [6.45, 7) is 5.50. The topological polar surface area (TPSA) is 35.2 Å². The van der Waals surface area contributed by atoms with Crippen molar-refractivity contribution in [2.45, 2.75) is 26.4 Å². The molecular formula is C13H20FNO. The van der Waals surface area contributed by atoms with Crippen molar-refractivity contribution in [1.82, 2.24) is 0 Å². The minimum atomic E-state index is -1.54. The van der Waals surface area contributed by atoms with Crippen molar-refractivity contribution in [3.05, 3.63) is 29.8 Å². The summed E-state index contributed by atoms with van der Waals surface area (Å²) in [6.07, 6.45) is 0. The number of benzene rings is 1. The number of alkyl halides is 1. The van der Waals surface area contributed by atoms with E-state index in [4.69, 9.17) is 10.5 Å². The monoisotopic (exact) mass is 225 g/mol. The third-order valence-corrected chi connectivity index (χ3v) is 3.00. The fourth-order valence-corrected chi connectivity index (χ4v) is 1.73. The number of methoxy groups -OCH3 is 1. The van der Waals surface area contributed by atoms with E-state index in [9.17, 15) is 4.39 Å². The Morgan fingerprint density at radius 3 is 2.38 bits per heavy atom. The molecule has 3 heteroatoms. The van der Waals surface area contributed by atoms with E-state index in [1.54, 1.807) is 31.4 Å². The van der Waals surface area contributed by atoms with E-state index in [0.717, 1.165) is 0 Å². The number of ether oxygens (including phenoxy) is 1. The first-order valence-corrected chi connectivity index (χ1v) is 5.38. The van der Waals surface area contributed by atoms with Crippen LogP contribution in [0.25, 0.3) is 0 Å². The molecule has 0 heterocycles. The summed E-state index contributed by atoms with van der Waals surface area (Å²) in [5, 5.41) is 0. The van der Waals surface area contributed by atoms with Gasteiger partial charge in [-0.2, -0.15) is 0 Å². The number of nitrogens with two attached hydrogens (primary N) is 1. The molecule has 0 aromatic heterocycles. The molecule has 0 aliphatic heterocycles. The Labute approximate surface area is 96.6 Å². The number of hydrogen-bond acceptors (Lipinski definition) is 2. The van der Waals surface area contributed by atoms with Crippen LogP contribution in [-0.4, -0.2) is 13.7 Å². The summed E-state index contributed by atoms with van der Waals surface area (Å²) in [4.78, 5) is 0. The van der Waals surface area contributed by atoms with Gasteiger partial charge in [-0.1, -0.05) is 32.9 Å². The van der Waals surface area contributed by atoms with Gasteiger partial charge in [0.1, 0.15) is 5.75 Å². The molecule has 0 spiro atoms. The first-order valence-electron chi connectivity index (χ1n) is 5.38. The highest BCUT2D eigenvalue weighted by Crippen LogP contribution is 2.42. The lowest BCUT2D eigenvalue weighted by molar-refractivity contribution is 0.0341. The lowest BCUT2D eigenvalue weighted by Crippen LogP contribution is -2.42. The van der Waals surface area contributed by atoms with E-state index in [0.29, 0.717) is 11.3 Å². The lowest BCUT2D eigenvalue weighted by Gasteiger charge is -2.37. The van der Waals surface area contributed by atoms with Crippen LogP contribution < -0.4 is 10.5 Å². The molecule has 0 aliphatic carbocycles. The van der Waals surface area contributed by atoms with E-state index >= 15 is 0 Å². The van der Waals surface area contributed by atoms with Gasteiger partial charge in [-0.3, -0.25) is 0 Å². The summed E-state index contributed by atoms with van der Waals surface area (Å²) in [7, 11) is 1.57. The Bertz CT molecular complexity index is 359. The van der Waals surface area contributed by atoms with E-state index in [1.165, 1.54) is 0 Å². The molecule has 0 saturated carbocycles. The first-order chi connectivity index (χ1) is 7.35. The summed E-state index contributed by atoms with van der Waals surface area (Å²) in [6, 6.07) is 7.03. The molecule has 1 aromatic carbocycles. The van der Waals surface area contributed by atoms with E-state index in [-0.39, 0.29) is 6.54 Å². The third kappa shape index (κ3) is 2.19. The van der Waals surface area contributed by atoms with Gasteiger partial charge in [0, 0.05) is 12.0 Å². The summed E-state index contributed by atoms with van der Waals surface area (Å²) < 4.78 is 20.0. The SMILES string of the molecule is COc1cccc(C(F)(CN)C(C)(C)C)c1. The predicted octanol–water partition coefficient (Wildman–Crippen LogP) is 2.86. The fraction of sp³-hybridized carbons (Fsp3) is 0.538. The third-order valence-electron chi connectivity index (χ3n) is 3.00. The fourth-order valence-electron chi connectivity index (χ4n) is 1.73. The normalized spacial score (nSPS) is 15.6. The Morgan fingerprint density at radius 1 is 1.31 bits per heavy atom. The maximum absolute atomic E-state index is 14.9. The second-order valence-electron chi connectivity index (χ2n) is 4.99. The first kappa shape index (κ1) is 13.0. The zero-order valence-electron chi connectivity index (χ0n) is 10.4. The smallest absolute Gasteiger partial charge is 0.153 e. The number of halogens is 1. The Kier molecular flexibility index (Phi) is 3.58. The summed E-state index contributed by atoms with van der Waals surface area (Å²) in [5.74, 6) is 0.650. The molecule has 1 aromatic rings. The minimum Gasteiger partial charge on any atom is -0.497 e.